The number of nitrogens with zero attached hydrogens (tertiary/aromatic N) is 3. The van der Waals surface area contributed by atoms with Crippen molar-refractivity contribution in [3.63, 3.8) is 0 Å². The van der Waals surface area contributed by atoms with Gasteiger partial charge in [-0.2, -0.15) is 0 Å². The molecule has 0 fully saturated rings. The van der Waals surface area contributed by atoms with Gasteiger partial charge in [0.05, 0.1) is 17.9 Å². The summed E-state index contributed by atoms with van der Waals surface area (Å²) < 4.78 is 2.17. The van der Waals surface area contributed by atoms with Gasteiger partial charge in [0.25, 0.3) is 0 Å². The van der Waals surface area contributed by atoms with Crippen molar-refractivity contribution in [1.82, 2.24) is 19.8 Å². The molecule has 0 saturated carbocycles. The van der Waals surface area contributed by atoms with E-state index in [2.05, 4.69) is 34.9 Å². The molecular formula is C10H16N4S. The average Bonchev–Trinajstić information content (AvgIpc) is 2.57. The van der Waals surface area contributed by atoms with Crippen molar-refractivity contribution in [2.75, 3.05) is 14.1 Å². The van der Waals surface area contributed by atoms with Crippen LogP contribution in [-0.2, 0) is 6.54 Å². The van der Waals surface area contributed by atoms with Crippen LogP contribution < -0.4 is 5.43 Å². The predicted molar refractivity (Wildman–Crippen MR) is 63.1 cm³/mol. The SMILES string of the molecule is Cc1cn2c(CNN(C)C)c(C)nc2s1. The molecule has 0 aliphatic heterocycles. The molecule has 2 aromatic heterocycles. The van der Waals surface area contributed by atoms with Gasteiger partial charge in [-0.1, -0.05) is 0 Å². The summed E-state index contributed by atoms with van der Waals surface area (Å²) in [4.78, 5) is 6.91. The molecule has 0 aliphatic carbocycles. The molecule has 0 bridgehead atoms. The fourth-order valence-electron chi connectivity index (χ4n) is 1.56. The van der Waals surface area contributed by atoms with E-state index < -0.39 is 0 Å². The van der Waals surface area contributed by atoms with Crippen LogP contribution in [0.3, 0.4) is 0 Å². The number of aryl methyl sites for hydroxylation is 2. The Labute approximate surface area is 93.5 Å². The Kier molecular flexibility index (Phi) is 2.77. The van der Waals surface area contributed by atoms with Gasteiger partial charge in [-0.05, 0) is 13.8 Å². The number of imidazole rings is 1. The minimum absolute atomic E-state index is 0.816. The Morgan fingerprint density at radius 3 is 2.87 bits per heavy atom. The number of nitrogens with one attached hydrogen (secondary N) is 1. The number of aromatic nitrogens is 2. The van der Waals surface area contributed by atoms with Crippen LogP contribution in [0.5, 0.6) is 0 Å². The van der Waals surface area contributed by atoms with Gasteiger partial charge in [-0.3, -0.25) is 9.41 Å². The normalized spacial score (nSPS) is 11.8. The Morgan fingerprint density at radius 2 is 2.20 bits per heavy atom. The minimum Gasteiger partial charge on any atom is -0.293 e. The van der Waals surface area contributed by atoms with Gasteiger partial charge in [0.15, 0.2) is 4.96 Å². The molecule has 82 valence electrons. The van der Waals surface area contributed by atoms with Crippen molar-refractivity contribution in [2.24, 2.45) is 0 Å². The highest BCUT2D eigenvalue weighted by Crippen LogP contribution is 2.20. The van der Waals surface area contributed by atoms with Gasteiger partial charge in [0.1, 0.15) is 0 Å². The van der Waals surface area contributed by atoms with Gasteiger partial charge in [-0.25, -0.2) is 10.4 Å². The van der Waals surface area contributed by atoms with Crippen molar-refractivity contribution in [2.45, 2.75) is 20.4 Å². The fraction of sp³-hybridized carbons (Fsp3) is 0.500. The zero-order valence-electron chi connectivity index (χ0n) is 9.53. The van der Waals surface area contributed by atoms with Crippen LogP contribution in [0.25, 0.3) is 4.96 Å². The van der Waals surface area contributed by atoms with E-state index in [4.69, 9.17) is 0 Å². The molecule has 0 amide bonds. The molecule has 2 rings (SSSR count). The number of hydrogen-bond acceptors (Lipinski definition) is 4. The molecular weight excluding hydrogens is 208 g/mol. The van der Waals surface area contributed by atoms with Gasteiger partial charge < -0.3 is 0 Å². The average molecular weight is 224 g/mol. The van der Waals surface area contributed by atoms with E-state index in [-0.39, 0.29) is 0 Å². The van der Waals surface area contributed by atoms with E-state index in [0.29, 0.717) is 0 Å². The maximum Gasteiger partial charge on any atom is 0.194 e. The van der Waals surface area contributed by atoms with E-state index >= 15 is 0 Å². The Balaban J connectivity index is 2.34. The van der Waals surface area contributed by atoms with Gasteiger partial charge >= 0.3 is 0 Å². The number of hydrazine groups is 1. The molecule has 4 nitrogen and oxygen atoms in total. The van der Waals surface area contributed by atoms with Crippen molar-refractivity contribution in [3.05, 3.63) is 22.5 Å². The first kappa shape index (κ1) is 10.6. The lowest BCUT2D eigenvalue weighted by Gasteiger charge is -2.11. The first-order valence-electron chi connectivity index (χ1n) is 4.92. The zero-order chi connectivity index (χ0) is 11.0. The second-order valence-electron chi connectivity index (χ2n) is 3.87. The molecule has 15 heavy (non-hydrogen) atoms. The number of hydrogen-bond donors (Lipinski definition) is 1. The Morgan fingerprint density at radius 1 is 1.47 bits per heavy atom. The summed E-state index contributed by atoms with van der Waals surface area (Å²) in [6.45, 7) is 4.98. The first-order chi connectivity index (χ1) is 7.08. The second-order valence-corrected chi connectivity index (χ2v) is 5.08. The van der Waals surface area contributed by atoms with E-state index in [1.165, 1.54) is 10.6 Å². The third kappa shape index (κ3) is 2.04. The minimum atomic E-state index is 0.816. The fourth-order valence-corrected chi connectivity index (χ4v) is 2.44. The van der Waals surface area contributed by atoms with Crippen LogP contribution in [0.15, 0.2) is 6.20 Å². The number of thiazole rings is 1. The summed E-state index contributed by atoms with van der Waals surface area (Å²) in [6, 6.07) is 0. The summed E-state index contributed by atoms with van der Waals surface area (Å²) in [6.07, 6.45) is 2.15. The van der Waals surface area contributed by atoms with Gasteiger partial charge in [-0.15, -0.1) is 11.3 Å². The molecule has 0 radical (unpaired) electrons. The van der Waals surface area contributed by atoms with Crippen LogP contribution in [0.1, 0.15) is 16.3 Å². The third-order valence-electron chi connectivity index (χ3n) is 2.30. The van der Waals surface area contributed by atoms with Crippen LogP contribution in [0.4, 0.5) is 0 Å². The smallest absolute Gasteiger partial charge is 0.194 e. The van der Waals surface area contributed by atoms with Crippen LogP contribution in [-0.4, -0.2) is 28.5 Å². The molecule has 0 saturated heterocycles. The zero-order valence-corrected chi connectivity index (χ0v) is 10.4. The van der Waals surface area contributed by atoms with Crippen molar-refractivity contribution < 1.29 is 0 Å². The highest BCUT2D eigenvalue weighted by atomic mass is 32.1. The molecule has 0 aromatic carbocycles. The predicted octanol–water partition coefficient (Wildman–Crippen LogP) is 1.58. The molecule has 0 unspecified atom stereocenters. The summed E-state index contributed by atoms with van der Waals surface area (Å²) in [5, 5.41) is 1.96. The standard InChI is InChI=1S/C10H16N4S/c1-7-6-14-9(5-11-13(3)4)8(2)12-10(14)15-7/h6,11H,5H2,1-4H3. The third-order valence-corrected chi connectivity index (χ3v) is 3.20. The van der Waals surface area contributed by atoms with Crippen molar-refractivity contribution in [3.8, 4) is 0 Å². The Hall–Kier alpha value is -0.910. The molecule has 5 heteroatoms. The molecule has 1 N–H and O–H groups in total. The highest BCUT2D eigenvalue weighted by Gasteiger charge is 2.10. The van der Waals surface area contributed by atoms with Crippen LogP contribution in [0, 0.1) is 13.8 Å². The number of rotatable bonds is 3. The van der Waals surface area contributed by atoms with E-state index in [0.717, 1.165) is 17.2 Å². The maximum absolute atomic E-state index is 4.53. The molecule has 0 atom stereocenters. The molecule has 2 aromatic rings. The monoisotopic (exact) mass is 224 g/mol. The second kappa shape index (κ2) is 3.92. The van der Waals surface area contributed by atoms with E-state index in [1.54, 1.807) is 11.3 Å². The van der Waals surface area contributed by atoms with Crippen molar-refractivity contribution in [1.29, 1.82) is 0 Å². The lowest BCUT2D eigenvalue weighted by molar-refractivity contribution is 0.283. The highest BCUT2D eigenvalue weighted by molar-refractivity contribution is 7.17. The molecule has 0 aliphatic rings. The van der Waals surface area contributed by atoms with Crippen molar-refractivity contribution >= 4 is 16.3 Å². The van der Waals surface area contributed by atoms with Gasteiger partial charge in [0.2, 0.25) is 0 Å². The van der Waals surface area contributed by atoms with Crippen LogP contribution in [0.2, 0.25) is 0 Å². The number of fused-ring (bicyclic) bond motifs is 1. The summed E-state index contributed by atoms with van der Waals surface area (Å²) >= 11 is 1.73. The lowest BCUT2D eigenvalue weighted by Crippen LogP contribution is -2.30. The largest absolute Gasteiger partial charge is 0.293 e. The quantitative estimate of drug-likeness (QED) is 0.803. The van der Waals surface area contributed by atoms with Crippen LogP contribution >= 0.6 is 11.3 Å². The molecule has 0 spiro atoms. The van der Waals surface area contributed by atoms with E-state index in [1.807, 2.05) is 19.1 Å². The first-order valence-corrected chi connectivity index (χ1v) is 5.74. The molecule has 2 heterocycles. The topological polar surface area (TPSA) is 32.6 Å². The summed E-state index contributed by atoms with van der Waals surface area (Å²) in [7, 11) is 3.98. The lowest BCUT2D eigenvalue weighted by atomic mass is 10.3. The summed E-state index contributed by atoms with van der Waals surface area (Å²) in [5.74, 6) is 0. The van der Waals surface area contributed by atoms with E-state index in [9.17, 15) is 0 Å². The maximum atomic E-state index is 4.53. The van der Waals surface area contributed by atoms with Gasteiger partial charge in [0, 0.05) is 25.2 Å². The summed E-state index contributed by atoms with van der Waals surface area (Å²) in [5.41, 5.74) is 5.61. The Bertz CT molecular complexity index is 469.